The Labute approximate surface area is 195 Å². The molecule has 2 aromatic carbocycles. The van der Waals surface area contributed by atoms with E-state index in [1.165, 1.54) is 0 Å². The summed E-state index contributed by atoms with van der Waals surface area (Å²) in [6.45, 7) is 2.56. The highest BCUT2D eigenvalue weighted by Crippen LogP contribution is 2.27. The lowest BCUT2D eigenvalue weighted by Gasteiger charge is -2.09. The summed E-state index contributed by atoms with van der Waals surface area (Å²) in [5.41, 5.74) is 4.92. The average Bonchev–Trinajstić information content (AvgIpc) is 3.40. The van der Waals surface area contributed by atoms with Crippen LogP contribution in [0.25, 0.3) is 22.2 Å². The van der Waals surface area contributed by atoms with Gasteiger partial charge >= 0.3 is 0 Å². The van der Waals surface area contributed by atoms with Gasteiger partial charge in [0.25, 0.3) is 5.91 Å². The minimum Gasteiger partial charge on any atom is -0.305 e. The molecular weight excluding hydrogens is 436 g/mol. The molecule has 7 nitrogen and oxygen atoms in total. The number of pyridine rings is 1. The summed E-state index contributed by atoms with van der Waals surface area (Å²) in [4.78, 5) is 18.0. The van der Waals surface area contributed by atoms with Gasteiger partial charge in [-0.15, -0.1) is 0 Å². The molecule has 0 aliphatic carbocycles. The van der Waals surface area contributed by atoms with Crippen LogP contribution in [0.3, 0.4) is 0 Å². The second-order valence-electron chi connectivity index (χ2n) is 7.82. The highest BCUT2D eigenvalue weighted by molar-refractivity contribution is 6.30. The third kappa shape index (κ3) is 4.23. The van der Waals surface area contributed by atoms with Gasteiger partial charge in [0, 0.05) is 41.0 Å². The Bertz CT molecular complexity index is 1470. The van der Waals surface area contributed by atoms with Crippen molar-refractivity contribution in [3.8, 4) is 11.3 Å². The molecule has 0 spiro atoms. The first-order valence-corrected chi connectivity index (χ1v) is 10.8. The van der Waals surface area contributed by atoms with Gasteiger partial charge < -0.3 is 5.32 Å². The van der Waals surface area contributed by atoms with Crippen molar-refractivity contribution in [3.63, 3.8) is 0 Å². The number of hydrogen-bond donors (Lipinski definition) is 1. The van der Waals surface area contributed by atoms with Gasteiger partial charge in [0.05, 0.1) is 29.5 Å². The first-order chi connectivity index (χ1) is 16.0. The number of fused-ring (bicyclic) bond motifs is 1. The maximum Gasteiger partial charge on any atom is 0.257 e. The summed E-state index contributed by atoms with van der Waals surface area (Å²) >= 11 is 5.96. The topological polar surface area (TPSA) is 77.6 Å². The van der Waals surface area contributed by atoms with Crippen LogP contribution in [0.15, 0.2) is 73.1 Å². The number of aryl methyl sites for hydroxylation is 1. The van der Waals surface area contributed by atoms with Gasteiger partial charge in [0.1, 0.15) is 0 Å². The van der Waals surface area contributed by atoms with Gasteiger partial charge in [-0.05, 0) is 36.8 Å². The fourth-order valence-corrected chi connectivity index (χ4v) is 3.85. The Morgan fingerprint density at radius 3 is 2.64 bits per heavy atom. The van der Waals surface area contributed by atoms with Crippen LogP contribution in [0.4, 0.5) is 5.82 Å². The Hall–Kier alpha value is -3.97. The van der Waals surface area contributed by atoms with Gasteiger partial charge in [0.2, 0.25) is 0 Å². The molecule has 1 N–H and O–H groups in total. The standard InChI is InChI=1S/C25H21ClN6O/c1-16-21(14-27-31(16)2)23-13-20(19-5-3-4-6-22(19)28-23)25(33)29-24-11-12-32(30-24)15-17-7-9-18(26)10-8-17/h3-14H,15H2,1-2H3,(H,29,30,33). The molecule has 0 fully saturated rings. The van der Waals surface area contributed by atoms with Crippen LogP contribution in [-0.4, -0.2) is 30.5 Å². The lowest BCUT2D eigenvalue weighted by atomic mass is 10.0. The molecule has 3 heterocycles. The number of nitrogens with zero attached hydrogens (tertiary/aromatic N) is 5. The number of halogens is 1. The van der Waals surface area contributed by atoms with Crippen LogP contribution in [0, 0.1) is 6.92 Å². The Morgan fingerprint density at radius 1 is 1.09 bits per heavy atom. The number of aromatic nitrogens is 5. The molecule has 8 heteroatoms. The van der Waals surface area contributed by atoms with E-state index in [4.69, 9.17) is 16.6 Å². The predicted molar refractivity (Wildman–Crippen MR) is 129 cm³/mol. The highest BCUT2D eigenvalue weighted by Gasteiger charge is 2.17. The molecule has 0 unspecified atom stereocenters. The third-order valence-corrected chi connectivity index (χ3v) is 5.86. The molecule has 0 atom stereocenters. The van der Waals surface area contributed by atoms with Crippen LogP contribution in [0.1, 0.15) is 21.6 Å². The number of carbonyl (C=O) groups is 1. The van der Waals surface area contributed by atoms with Crippen molar-refractivity contribution in [2.45, 2.75) is 13.5 Å². The van der Waals surface area contributed by atoms with Gasteiger partial charge in [-0.2, -0.15) is 10.2 Å². The monoisotopic (exact) mass is 456 g/mol. The maximum absolute atomic E-state index is 13.3. The molecule has 164 valence electrons. The summed E-state index contributed by atoms with van der Waals surface area (Å²) < 4.78 is 3.56. The number of benzene rings is 2. The summed E-state index contributed by atoms with van der Waals surface area (Å²) in [5, 5.41) is 13.2. The van der Waals surface area contributed by atoms with E-state index in [-0.39, 0.29) is 5.91 Å². The van der Waals surface area contributed by atoms with Crippen molar-refractivity contribution in [3.05, 3.63) is 94.9 Å². The van der Waals surface area contributed by atoms with E-state index in [9.17, 15) is 4.79 Å². The molecule has 0 aliphatic rings. The van der Waals surface area contributed by atoms with Crippen molar-refractivity contribution in [2.75, 3.05) is 5.32 Å². The number of nitrogens with one attached hydrogen (secondary N) is 1. The molecule has 3 aromatic heterocycles. The first kappa shape index (κ1) is 20.9. The van der Waals surface area contributed by atoms with Gasteiger partial charge in [0.15, 0.2) is 5.82 Å². The normalized spacial score (nSPS) is 11.1. The maximum atomic E-state index is 13.3. The lowest BCUT2D eigenvalue weighted by molar-refractivity contribution is 0.102. The van der Waals surface area contributed by atoms with E-state index in [2.05, 4.69) is 15.5 Å². The van der Waals surface area contributed by atoms with Crippen LogP contribution >= 0.6 is 11.6 Å². The Balaban J connectivity index is 1.44. The molecule has 33 heavy (non-hydrogen) atoms. The highest BCUT2D eigenvalue weighted by atomic mass is 35.5. The molecule has 5 rings (SSSR count). The van der Waals surface area contributed by atoms with Crippen molar-refractivity contribution < 1.29 is 4.79 Å². The second-order valence-corrected chi connectivity index (χ2v) is 8.26. The number of rotatable bonds is 5. The summed E-state index contributed by atoms with van der Waals surface area (Å²) in [6.07, 6.45) is 3.60. The molecule has 5 aromatic rings. The zero-order chi connectivity index (χ0) is 22.9. The number of hydrogen-bond acceptors (Lipinski definition) is 4. The van der Waals surface area contributed by atoms with E-state index in [1.807, 2.05) is 74.8 Å². The SMILES string of the molecule is Cc1c(-c2cc(C(=O)Nc3ccn(Cc4ccc(Cl)cc4)n3)c3ccccc3n2)cnn1C. The smallest absolute Gasteiger partial charge is 0.257 e. The number of anilines is 1. The molecule has 0 saturated heterocycles. The van der Waals surface area contributed by atoms with E-state index >= 15 is 0 Å². The fourth-order valence-electron chi connectivity index (χ4n) is 3.73. The zero-order valence-corrected chi connectivity index (χ0v) is 18.9. The molecular formula is C25H21ClN6O. The van der Waals surface area contributed by atoms with Crippen molar-refractivity contribution in [1.82, 2.24) is 24.5 Å². The predicted octanol–water partition coefficient (Wildman–Crippen LogP) is 5.09. The number of carbonyl (C=O) groups excluding carboxylic acids is 1. The minimum absolute atomic E-state index is 0.242. The molecule has 0 bridgehead atoms. The largest absolute Gasteiger partial charge is 0.305 e. The van der Waals surface area contributed by atoms with Crippen molar-refractivity contribution in [1.29, 1.82) is 0 Å². The second kappa shape index (κ2) is 8.52. The third-order valence-electron chi connectivity index (χ3n) is 5.61. The average molecular weight is 457 g/mol. The van der Waals surface area contributed by atoms with Crippen LogP contribution in [-0.2, 0) is 13.6 Å². The van der Waals surface area contributed by atoms with Gasteiger partial charge in [-0.1, -0.05) is 41.9 Å². The van der Waals surface area contributed by atoms with E-state index in [0.717, 1.165) is 27.7 Å². The Kier molecular flexibility index (Phi) is 5.40. The van der Waals surface area contributed by atoms with Crippen molar-refractivity contribution >= 4 is 34.2 Å². The molecule has 1 amide bonds. The quantitative estimate of drug-likeness (QED) is 0.399. The number of para-hydroxylation sites is 1. The number of amides is 1. The summed E-state index contributed by atoms with van der Waals surface area (Å²) in [6, 6.07) is 18.8. The Morgan fingerprint density at radius 2 is 1.88 bits per heavy atom. The van der Waals surface area contributed by atoms with Crippen molar-refractivity contribution in [2.24, 2.45) is 7.05 Å². The van der Waals surface area contributed by atoms with Gasteiger partial charge in [-0.25, -0.2) is 4.98 Å². The van der Waals surface area contributed by atoms with Gasteiger partial charge in [-0.3, -0.25) is 14.2 Å². The van der Waals surface area contributed by atoms with E-state index in [1.54, 1.807) is 21.6 Å². The van der Waals surface area contributed by atoms with Crippen LogP contribution in [0.5, 0.6) is 0 Å². The summed E-state index contributed by atoms with van der Waals surface area (Å²) in [7, 11) is 1.88. The molecule has 0 saturated carbocycles. The van der Waals surface area contributed by atoms with Crippen LogP contribution in [0.2, 0.25) is 5.02 Å². The lowest BCUT2D eigenvalue weighted by Crippen LogP contribution is -2.14. The fraction of sp³-hybridized carbons (Fsp3) is 0.120. The zero-order valence-electron chi connectivity index (χ0n) is 18.2. The molecule has 0 aliphatic heterocycles. The van der Waals surface area contributed by atoms with E-state index < -0.39 is 0 Å². The summed E-state index contributed by atoms with van der Waals surface area (Å²) in [5.74, 6) is 0.238. The van der Waals surface area contributed by atoms with E-state index in [0.29, 0.717) is 28.6 Å². The molecule has 0 radical (unpaired) electrons. The first-order valence-electron chi connectivity index (χ1n) is 10.5. The minimum atomic E-state index is -0.242. The van der Waals surface area contributed by atoms with Crippen LogP contribution < -0.4 is 5.32 Å².